The maximum atomic E-state index is 12.5. The third kappa shape index (κ3) is 3.25. The Hall–Kier alpha value is -1.57. The molecule has 1 heterocycles. The van der Waals surface area contributed by atoms with Crippen LogP contribution in [-0.4, -0.2) is 15.2 Å². The van der Waals surface area contributed by atoms with Crippen LogP contribution in [0.2, 0.25) is 0 Å². The Balaban J connectivity index is 2.18. The minimum absolute atomic E-state index is 0.199. The van der Waals surface area contributed by atoms with E-state index in [4.69, 9.17) is 0 Å². The average molecular weight is 335 g/mol. The Bertz CT molecular complexity index is 554. The fourth-order valence-electron chi connectivity index (χ4n) is 1.53. The molecule has 0 amide bonds. The van der Waals surface area contributed by atoms with E-state index in [1.807, 2.05) is 6.92 Å². The van der Waals surface area contributed by atoms with Crippen LogP contribution in [0.15, 0.2) is 29.0 Å². The standard InChI is InChI=1S/C11H10BrF3N4/c1-6(10-16-5-17-19-10)18-9-3-2-7(4-8(9)12)11(13,14)15/h2-6,18H,1H3,(H,16,17,19). The first kappa shape index (κ1) is 13.9. The van der Waals surface area contributed by atoms with Crippen LogP contribution in [0.3, 0.4) is 0 Å². The van der Waals surface area contributed by atoms with E-state index in [9.17, 15) is 13.2 Å². The van der Waals surface area contributed by atoms with Gasteiger partial charge in [0.15, 0.2) is 0 Å². The van der Waals surface area contributed by atoms with Crippen LogP contribution < -0.4 is 5.32 Å². The molecule has 0 aliphatic heterocycles. The highest BCUT2D eigenvalue weighted by atomic mass is 79.9. The van der Waals surface area contributed by atoms with Gasteiger partial charge in [0, 0.05) is 10.2 Å². The van der Waals surface area contributed by atoms with E-state index in [-0.39, 0.29) is 6.04 Å². The highest BCUT2D eigenvalue weighted by molar-refractivity contribution is 9.10. The third-order valence-electron chi connectivity index (χ3n) is 2.51. The molecule has 0 spiro atoms. The van der Waals surface area contributed by atoms with Crippen LogP contribution in [0.5, 0.6) is 0 Å². The van der Waals surface area contributed by atoms with Crippen molar-refractivity contribution in [2.45, 2.75) is 19.1 Å². The van der Waals surface area contributed by atoms with Crippen molar-refractivity contribution in [1.29, 1.82) is 0 Å². The second-order valence-corrected chi connectivity index (χ2v) is 4.78. The fraction of sp³-hybridized carbons (Fsp3) is 0.273. The van der Waals surface area contributed by atoms with Gasteiger partial charge in [-0.2, -0.15) is 18.3 Å². The molecule has 2 N–H and O–H groups in total. The zero-order valence-corrected chi connectivity index (χ0v) is 11.4. The molecule has 102 valence electrons. The summed E-state index contributed by atoms with van der Waals surface area (Å²) in [6.45, 7) is 1.82. The van der Waals surface area contributed by atoms with Crippen molar-refractivity contribution in [3.05, 3.63) is 40.4 Å². The highest BCUT2D eigenvalue weighted by Crippen LogP contribution is 2.34. The number of alkyl halides is 3. The molecule has 1 aromatic heterocycles. The first-order chi connectivity index (χ1) is 8.88. The number of nitrogens with zero attached hydrogens (tertiary/aromatic N) is 2. The smallest absolute Gasteiger partial charge is 0.374 e. The highest BCUT2D eigenvalue weighted by Gasteiger charge is 2.30. The van der Waals surface area contributed by atoms with Gasteiger partial charge >= 0.3 is 6.18 Å². The van der Waals surface area contributed by atoms with Gasteiger partial charge in [-0.3, -0.25) is 5.10 Å². The zero-order chi connectivity index (χ0) is 14.0. The Kier molecular flexibility index (Phi) is 3.79. The minimum Gasteiger partial charge on any atom is -0.374 e. The molecule has 0 aliphatic rings. The van der Waals surface area contributed by atoms with Crippen LogP contribution in [-0.2, 0) is 6.18 Å². The van der Waals surface area contributed by atoms with Gasteiger partial charge in [-0.05, 0) is 41.1 Å². The first-order valence-corrected chi connectivity index (χ1v) is 6.16. The van der Waals surface area contributed by atoms with Gasteiger partial charge in [0.05, 0.1) is 11.6 Å². The number of aromatic amines is 1. The monoisotopic (exact) mass is 334 g/mol. The van der Waals surface area contributed by atoms with Crippen molar-refractivity contribution in [1.82, 2.24) is 15.2 Å². The molecule has 0 fully saturated rings. The maximum absolute atomic E-state index is 12.5. The van der Waals surface area contributed by atoms with Crippen LogP contribution in [0.4, 0.5) is 18.9 Å². The molecule has 2 rings (SSSR count). The molecule has 1 unspecified atom stereocenters. The number of benzene rings is 1. The molecule has 0 radical (unpaired) electrons. The van der Waals surface area contributed by atoms with Crippen LogP contribution in [0.25, 0.3) is 0 Å². The lowest BCUT2D eigenvalue weighted by Crippen LogP contribution is -2.10. The summed E-state index contributed by atoms with van der Waals surface area (Å²) in [5.74, 6) is 0.604. The minimum atomic E-state index is -4.35. The SMILES string of the molecule is CC(Nc1ccc(C(F)(F)F)cc1Br)c1ncn[nH]1. The van der Waals surface area contributed by atoms with Crippen molar-refractivity contribution in [3.63, 3.8) is 0 Å². The quantitative estimate of drug-likeness (QED) is 0.898. The lowest BCUT2D eigenvalue weighted by molar-refractivity contribution is -0.137. The van der Waals surface area contributed by atoms with Crippen LogP contribution >= 0.6 is 15.9 Å². The maximum Gasteiger partial charge on any atom is 0.416 e. The predicted molar refractivity (Wildman–Crippen MR) is 67.6 cm³/mol. The summed E-state index contributed by atoms with van der Waals surface area (Å²) >= 11 is 3.12. The van der Waals surface area contributed by atoms with E-state index < -0.39 is 11.7 Å². The van der Waals surface area contributed by atoms with Crippen LogP contribution in [0.1, 0.15) is 24.4 Å². The second kappa shape index (κ2) is 5.20. The molecule has 0 saturated carbocycles. The molecular weight excluding hydrogens is 325 g/mol. The van der Waals surface area contributed by atoms with E-state index in [0.717, 1.165) is 12.1 Å². The van der Waals surface area contributed by atoms with Gasteiger partial charge in [-0.25, -0.2) is 4.98 Å². The summed E-state index contributed by atoms with van der Waals surface area (Å²) in [7, 11) is 0. The molecular formula is C11H10BrF3N4. The van der Waals surface area contributed by atoms with E-state index in [1.54, 1.807) is 0 Å². The van der Waals surface area contributed by atoms with Gasteiger partial charge in [0.25, 0.3) is 0 Å². The topological polar surface area (TPSA) is 53.6 Å². The zero-order valence-electron chi connectivity index (χ0n) is 9.79. The summed E-state index contributed by atoms with van der Waals surface area (Å²) in [5, 5.41) is 9.45. The molecule has 0 bridgehead atoms. The number of aromatic nitrogens is 3. The van der Waals surface area contributed by atoms with Crippen molar-refractivity contribution in [2.24, 2.45) is 0 Å². The third-order valence-corrected chi connectivity index (χ3v) is 3.17. The number of H-pyrrole nitrogens is 1. The number of anilines is 1. The largest absolute Gasteiger partial charge is 0.416 e. The normalized spacial score (nSPS) is 13.3. The Morgan fingerprint density at radius 3 is 2.63 bits per heavy atom. The van der Waals surface area contributed by atoms with Crippen molar-refractivity contribution < 1.29 is 13.2 Å². The summed E-state index contributed by atoms with van der Waals surface area (Å²) in [4.78, 5) is 3.97. The molecule has 1 atom stereocenters. The van der Waals surface area contributed by atoms with Gasteiger partial charge in [0.1, 0.15) is 12.2 Å². The molecule has 0 saturated heterocycles. The van der Waals surface area contributed by atoms with E-state index >= 15 is 0 Å². The van der Waals surface area contributed by atoms with Crippen molar-refractivity contribution in [2.75, 3.05) is 5.32 Å². The lowest BCUT2D eigenvalue weighted by atomic mass is 10.2. The summed E-state index contributed by atoms with van der Waals surface area (Å²) in [5.41, 5.74) is -0.144. The number of rotatable bonds is 3. The average Bonchev–Trinajstić information content (AvgIpc) is 2.84. The number of hydrogen-bond donors (Lipinski definition) is 2. The molecule has 0 aliphatic carbocycles. The van der Waals surface area contributed by atoms with Gasteiger partial charge < -0.3 is 5.32 Å². The molecule has 8 heteroatoms. The fourth-order valence-corrected chi connectivity index (χ4v) is 2.03. The Morgan fingerprint density at radius 1 is 1.37 bits per heavy atom. The van der Waals surface area contributed by atoms with E-state index in [1.165, 1.54) is 12.4 Å². The molecule has 2 aromatic rings. The number of hydrogen-bond acceptors (Lipinski definition) is 3. The van der Waals surface area contributed by atoms with Gasteiger partial charge in [-0.1, -0.05) is 0 Å². The lowest BCUT2D eigenvalue weighted by Gasteiger charge is -2.15. The van der Waals surface area contributed by atoms with E-state index in [0.29, 0.717) is 16.0 Å². The second-order valence-electron chi connectivity index (χ2n) is 3.93. The summed E-state index contributed by atoms with van der Waals surface area (Å²) < 4.78 is 37.9. The molecule has 19 heavy (non-hydrogen) atoms. The van der Waals surface area contributed by atoms with Crippen molar-refractivity contribution in [3.8, 4) is 0 Å². The van der Waals surface area contributed by atoms with Crippen molar-refractivity contribution >= 4 is 21.6 Å². The summed E-state index contributed by atoms with van der Waals surface area (Å²) in [6.07, 6.45) is -2.98. The van der Waals surface area contributed by atoms with E-state index in [2.05, 4.69) is 36.4 Å². The Labute approximate surface area is 115 Å². The molecule has 1 aromatic carbocycles. The Morgan fingerprint density at radius 2 is 2.11 bits per heavy atom. The van der Waals surface area contributed by atoms with Crippen LogP contribution in [0, 0.1) is 0 Å². The van der Waals surface area contributed by atoms with Gasteiger partial charge in [-0.15, -0.1) is 0 Å². The number of halogens is 4. The predicted octanol–water partition coefficient (Wildman–Crippen LogP) is 3.76. The summed E-state index contributed by atoms with van der Waals surface area (Å²) in [6, 6.07) is 3.24. The first-order valence-electron chi connectivity index (χ1n) is 5.36. The molecule has 4 nitrogen and oxygen atoms in total. The van der Waals surface area contributed by atoms with Gasteiger partial charge in [0.2, 0.25) is 0 Å². The number of nitrogens with one attached hydrogen (secondary N) is 2.